The molecule has 116 valence electrons. The fourth-order valence-electron chi connectivity index (χ4n) is 2.44. The molecule has 1 heterocycles. The quantitative estimate of drug-likeness (QED) is 0.804. The Balaban J connectivity index is 1.66. The molecule has 0 bridgehead atoms. The predicted molar refractivity (Wildman–Crippen MR) is 81.3 cm³/mol. The zero-order valence-electron chi connectivity index (χ0n) is 12.6. The Morgan fingerprint density at radius 1 is 1.33 bits per heavy atom. The van der Waals surface area contributed by atoms with Crippen LogP contribution in [0.1, 0.15) is 18.4 Å². The van der Waals surface area contributed by atoms with Crippen molar-refractivity contribution in [2.24, 2.45) is 5.73 Å². The first-order chi connectivity index (χ1) is 10.2. The number of carbonyl (C=O) groups excluding carboxylic acids is 1. The summed E-state index contributed by atoms with van der Waals surface area (Å²) in [7, 11) is 0. The van der Waals surface area contributed by atoms with Crippen molar-refractivity contribution in [3.63, 3.8) is 0 Å². The Labute approximate surface area is 126 Å². The Morgan fingerprint density at radius 2 is 2.10 bits per heavy atom. The number of benzene rings is 1. The SMILES string of the molecule is Cc1ccc(OCCOC2CCCN(C(=O)CN)C2)cc1. The number of nitrogens with two attached hydrogens (primary N) is 1. The van der Waals surface area contributed by atoms with Crippen molar-refractivity contribution in [1.29, 1.82) is 0 Å². The maximum atomic E-state index is 11.6. The topological polar surface area (TPSA) is 64.8 Å². The standard InChI is InChI=1S/C16H24N2O3/c1-13-4-6-14(7-5-13)20-9-10-21-15-3-2-8-18(12-15)16(19)11-17/h4-7,15H,2-3,8-12,17H2,1H3. The van der Waals surface area contributed by atoms with Crippen molar-refractivity contribution < 1.29 is 14.3 Å². The van der Waals surface area contributed by atoms with E-state index in [1.165, 1.54) is 5.56 Å². The number of amides is 1. The van der Waals surface area contributed by atoms with Gasteiger partial charge in [-0.2, -0.15) is 0 Å². The van der Waals surface area contributed by atoms with Crippen molar-refractivity contribution in [2.45, 2.75) is 25.9 Å². The Hall–Kier alpha value is -1.59. The summed E-state index contributed by atoms with van der Waals surface area (Å²) in [5.41, 5.74) is 6.61. The average Bonchev–Trinajstić information content (AvgIpc) is 2.53. The van der Waals surface area contributed by atoms with Gasteiger partial charge in [-0.1, -0.05) is 17.7 Å². The van der Waals surface area contributed by atoms with E-state index < -0.39 is 0 Å². The molecule has 0 saturated carbocycles. The molecule has 1 unspecified atom stereocenters. The third-order valence-corrected chi connectivity index (χ3v) is 3.63. The first-order valence-corrected chi connectivity index (χ1v) is 7.48. The molecule has 0 aromatic heterocycles. The number of hydrogen-bond acceptors (Lipinski definition) is 4. The maximum absolute atomic E-state index is 11.6. The highest BCUT2D eigenvalue weighted by Gasteiger charge is 2.23. The van der Waals surface area contributed by atoms with Crippen molar-refractivity contribution in [3.8, 4) is 5.75 Å². The van der Waals surface area contributed by atoms with Gasteiger partial charge < -0.3 is 20.1 Å². The number of nitrogens with zero attached hydrogens (tertiary/aromatic N) is 1. The summed E-state index contributed by atoms with van der Waals surface area (Å²) in [6.45, 7) is 4.59. The highest BCUT2D eigenvalue weighted by Crippen LogP contribution is 2.14. The summed E-state index contributed by atoms with van der Waals surface area (Å²) in [5, 5.41) is 0. The van der Waals surface area contributed by atoms with Gasteiger partial charge in [0, 0.05) is 13.1 Å². The monoisotopic (exact) mass is 292 g/mol. The van der Waals surface area contributed by atoms with Gasteiger partial charge in [-0.3, -0.25) is 4.79 Å². The van der Waals surface area contributed by atoms with Gasteiger partial charge in [-0.25, -0.2) is 0 Å². The van der Waals surface area contributed by atoms with E-state index in [0.29, 0.717) is 19.8 Å². The van der Waals surface area contributed by atoms with E-state index in [2.05, 4.69) is 0 Å². The van der Waals surface area contributed by atoms with E-state index in [0.717, 1.165) is 25.1 Å². The van der Waals surface area contributed by atoms with Crippen LogP contribution in [0.15, 0.2) is 24.3 Å². The van der Waals surface area contributed by atoms with E-state index in [1.54, 1.807) is 4.90 Å². The van der Waals surface area contributed by atoms with Gasteiger partial charge in [0.1, 0.15) is 12.4 Å². The van der Waals surface area contributed by atoms with Crippen LogP contribution >= 0.6 is 0 Å². The minimum atomic E-state index is -0.000736. The smallest absolute Gasteiger partial charge is 0.236 e. The van der Waals surface area contributed by atoms with Gasteiger partial charge in [0.15, 0.2) is 0 Å². The molecule has 21 heavy (non-hydrogen) atoms. The van der Waals surface area contributed by atoms with E-state index >= 15 is 0 Å². The molecule has 2 rings (SSSR count). The summed E-state index contributed by atoms with van der Waals surface area (Å²) in [4.78, 5) is 13.4. The molecular formula is C16H24N2O3. The van der Waals surface area contributed by atoms with Crippen LogP contribution in [0.25, 0.3) is 0 Å². The zero-order chi connectivity index (χ0) is 15.1. The molecular weight excluding hydrogens is 268 g/mol. The van der Waals surface area contributed by atoms with Gasteiger partial charge in [0.05, 0.1) is 19.3 Å². The average molecular weight is 292 g/mol. The number of piperidine rings is 1. The first kappa shape index (κ1) is 15.8. The fraction of sp³-hybridized carbons (Fsp3) is 0.562. The largest absolute Gasteiger partial charge is 0.491 e. The summed E-state index contributed by atoms with van der Waals surface area (Å²) in [5.74, 6) is 0.854. The predicted octanol–water partition coefficient (Wildman–Crippen LogP) is 1.34. The van der Waals surface area contributed by atoms with Crippen LogP contribution < -0.4 is 10.5 Å². The van der Waals surface area contributed by atoms with Crippen molar-refractivity contribution in [1.82, 2.24) is 4.90 Å². The second-order valence-electron chi connectivity index (χ2n) is 5.34. The summed E-state index contributed by atoms with van der Waals surface area (Å²) in [6, 6.07) is 7.95. The van der Waals surface area contributed by atoms with Crippen molar-refractivity contribution >= 4 is 5.91 Å². The highest BCUT2D eigenvalue weighted by atomic mass is 16.5. The molecule has 0 radical (unpaired) electrons. The number of aryl methyl sites for hydroxylation is 1. The normalized spacial score (nSPS) is 18.6. The Morgan fingerprint density at radius 3 is 2.81 bits per heavy atom. The highest BCUT2D eigenvalue weighted by molar-refractivity contribution is 5.78. The molecule has 1 aromatic rings. The van der Waals surface area contributed by atoms with E-state index in [-0.39, 0.29) is 18.6 Å². The summed E-state index contributed by atoms with van der Waals surface area (Å²) >= 11 is 0. The molecule has 5 nitrogen and oxygen atoms in total. The lowest BCUT2D eigenvalue weighted by Gasteiger charge is -2.32. The maximum Gasteiger partial charge on any atom is 0.236 e. The molecule has 1 atom stereocenters. The van der Waals surface area contributed by atoms with E-state index in [1.807, 2.05) is 31.2 Å². The molecule has 1 amide bonds. The summed E-state index contributed by atoms with van der Waals surface area (Å²) in [6.07, 6.45) is 2.05. The summed E-state index contributed by atoms with van der Waals surface area (Å²) < 4.78 is 11.4. The number of hydrogen-bond donors (Lipinski definition) is 1. The zero-order valence-corrected chi connectivity index (χ0v) is 12.6. The van der Waals surface area contributed by atoms with E-state index in [4.69, 9.17) is 15.2 Å². The minimum Gasteiger partial charge on any atom is -0.491 e. The van der Waals surface area contributed by atoms with Crippen LogP contribution in [0, 0.1) is 6.92 Å². The van der Waals surface area contributed by atoms with E-state index in [9.17, 15) is 4.79 Å². The number of likely N-dealkylation sites (tertiary alicyclic amines) is 1. The molecule has 1 fully saturated rings. The van der Waals surface area contributed by atoms with Crippen LogP contribution in [-0.2, 0) is 9.53 Å². The molecule has 2 N–H and O–H groups in total. The molecule has 5 heteroatoms. The van der Waals surface area contributed by atoms with Crippen LogP contribution in [0.4, 0.5) is 0 Å². The fourth-order valence-corrected chi connectivity index (χ4v) is 2.44. The molecule has 1 aliphatic rings. The van der Waals surface area contributed by atoms with Crippen LogP contribution in [0.5, 0.6) is 5.75 Å². The molecule has 1 saturated heterocycles. The molecule has 0 spiro atoms. The number of rotatable bonds is 6. The molecule has 1 aromatic carbocycles. The van der Waals surface area contributed by atoms with Crippen LogP contribution in [0.2, 0.25) is 0 Å². The first-order valence-electron chi connectivity index (χ1n) is 7.48. The molecule has 0 aliphatic carbocycles. The van der Waals surface area contributed by atoms with Crippen LogP contribution in [0.3, 0.4) is 0 Å². The van der Waals surface area contributed by atoms with Gasteiger partial charge >= 0.3 is 0 Å². The Kier molecular flexibility index (Phi) is 6.02. The number of carbonyl (C=O) groups is 1. The van der Waals surface area contributed by atoms with Crippen molar-refractivity contribution in [3.05, 3.63) is 29.8 Å². The third-order valence-electron chi connectivity index (χ3n) is 3.63. The molecule has 1 aliphatic heterocycles. The lowest BCUT2D eigenvalue weighted by Crippen LogP contribution is -2.45. The lowest BCUT2D eigenvalue weighted by atomic mass is 10.1. The van der Waals surface area contributed by atoms with Gasteiger partial charge in [-0.05, 0) is 31.9 Å². The number of ether oxygens (including phenoxy) is 2. The van der Waals surface area contributed by atoms with Crippen molar-refractivity contribution in [2.75, 3.05) is 32.8 Å². The van der Waals surface area contributed by atoms with Gasteiger partial charge in [0.2, 0.25) is 5.91 Å². The lowest BCUT2D eigenvalue weighted by molar-refractivity contribution is -0.133. The second kappa shape index (κ2) is 8.00. The van der Waals surface area contributed by atoms with Crippen LogP contribution in [-0.4, -0.2) is 49.8 Å². The minimum absolute atomic E-state index is 0.000736. The van der Waals surface area contributed by atoms with Gasteiger partial charge in [-0.15, -0.1) is 0 Å². The third kappa shape index (κ3) is 5.02. The Bertz CT molecular complexity index is 447. The second-order valence-corrected chi connectivity index (χ2v) is 5.34. The van der Waals surface area contributed by atoms with Gasteiger partial charge in [0.25, 0.3) is 0 Å².